The SMILES string of the molecule is CCCCCC1CCC(CCCCC)N1C(CO)c1ccccc1. The lowest BCUT2D eigenvalue weighted by molar-refractivity contribution is 0.0686. The van der Waals surface area contributed by atoms with E-state index in [0.29, 0.717) is 12.1 Å². The van der Waals surface area contributed by atoms with Gasteiger partial charge < -0.3 is 5.11 Å². The number of aliphatic hydroxyl groups is 1. The molecule has 3 unspecified atom stereocenters. The van der Waals surface area contributed by atoms with E-state index in [1.54, 1.807) is 0 Å². The van der Waals surface area contributed by atoms with E-state index >= 15 is 0 Å². The lowest BCUT2D eigenvalue weighted by Gasteiger charge is -2.37. The van der Waals surface area contributed by atoms with Crippen LogP contribution in [0.15, 0.2) is 30.3 Å². The Balaban J connectivity index is 2.11. The molecule has 0 spiro atoms. The first kappa shape index (κ1) is 19.5. The van der Waals surface area contributed by atoms with Crippen LogP contribution in [0.3, 0.4) is 0 Å². The van der Waals surface area contributed by atoms with E-state index in [4.69, 9.17) is 0 Å². The number of hydrogen-bond acceptors (Lipinski definition) is 2. The third kappa shape index (κ3) is 5.32. The molecule has 1 aromatic rings. The van der Waals surface area contributed by atoms with Gasteiger partial charge >= 0.3 is 0 Å². The summed E-state index contributed by atoms with van der Waals surface area (Å²) in [6.45, 7) is 4.79. The van der Waals surface area contributed by atoms with Crippen molar-refractivity contribution >= 4 is 0 Å². The lowest BCUT2D eigenvalue weighted by Crippen LogP contribution is -2.41. The van der Waals surface area contributed by atoms with Gasteiger partial charge in [-0.3, -0.25) is 4.90 Å². The first-order chi connectivity index (χ1) is 11.8. The highest BCUT2D eigenvalue weighted by Gasteiger charge is 2.37. The normalized spacial score (nSPS) is 22.8. The Morgan fingerprint density at radius 3 is 1.92 bits per heavy atom. The van der Waals surface area contributed by atoms with E-state index in [9.17, 15) is 5.11 Å². The summed E-state index contributed by atoms with van der Waals surface area (Å²) in [5.41, 5.74) is 1.28. The molecule has 136 valence electrons. The van der Waals surface area contributed by atoms with Crippen LogP contribution < -0.4 is 0 Å². The fourth-order valence-corrected chi connectivity index (χ4v) is 4.38. The molecule has 2 rings (SSSR count). The van der Waals surface area contributed by atoms with E-state index in [1.165, 1.54) is 69.8 Å². The molecule has 2 nitrogen and oxygen atoms in total. The van der Waals surface area contributed by atoms with Crippen molar-refractivity contribution in [1.82, 2.24) is 4.90 Å². The minimum atomic E-state index is 0.173. The van der Waals surface area contributed by atoms with Gasteiger partial charge in [-0.2, -0.15) is 0 Å². The zero-order valence-electron chi connectivity index (χ0n) is 15.8. The quantitative estimate of drug-likeness (QED) is 0.525. The largest absolute Gasteiger partial charge is 0.394 e. The lowest BCUT2D eigenvalue weighted by atomic mass is 10.00. The van der Waals surface area contributed by atoms with Crippen LogP contribution in [0.1, 0.15) is 89.7 Å². The van der Waals surface area contributed by atoms with Crippen LogP contribution in [0.25, 0.3) is 0 Å². The molecule has 2 heteroatoms. The van der Waals surface area contributed by atoms with E-state index in [1.807, 2.05) is 0 Å². The van der Waals surface area contributed by atoms with Crippen LogP contribution in [-0.2, 0) is 0 Å². The number of aliphatic hydroxyl groups excluding tert-OH is 1. The third-order valence-corrected chi connectivity index (χ3v) is 5.68. The maximum atomic E-state index is 10.2. The molecule has 1 heterocycles. The predicted molar refractivity (Wildman–Crippen MR) is 103 cm³/mol. The van der Waals surface area contributed by atoms with Crippen molar-refractivity contribution < 1.29 is 5.11 Å². The number of rotatable bonds is 11. The first-order valence-corrected chi connectivity index (χ1v) is 10.2. The number of unbranched alkanes of at least 4 members (excludes halogenated alkanes) is 4. The summed E-state index contributed by atoms with van der Waals surface area (Å²) in [6.07, 6.45) is 13.1. The maximum Gasteiger partial charge on any atom is 0.0628 e. The molecule has 1 saturated heterocycles. The molecule has 1 aliphatic heterocycles. The molecule has 0 aromatic heterocycles. The number of nitrogens with zero attached hydrogens (tertiary/aromatic N) is 1. The molecular weight excluding hydrogens is 294 g/mol. The van der Waals surface area contributed by atoms with Crippen LogP contribution in [0.4, 0.5) is 0 Å². The van der Waals surface area contributed by atoms with Gasteiger partial charge in [0.25, 0.3) is 0 Å². The first-order valence-electron chi connectivity index (χ1n) is 10.2. The van der Waals surface area contributed by atoms with Crippen molar-refractivity contribution in [1.29, 1.82) is 0 Å². The molecule has 1 aromatic carbocycles. The van der Waals surface area contributed by atoms with E-state index < -0.39 is 0 Å². The number of hydrogen-bond donors (Lipinski definition) is 1. The zero-order valence-corrected chi connectivity index (χ0v) is 15.8. The van der Waals surface area contributed by atoms with Crippen LogP contribution in [-0.4, -0.2) is 28.7 Å². The molecular formula is C22H37NO. The van der Waals surface area contributed by atoms with E-state index in [-0.39, 0.29) is 12.6 Å². The van der Waals surface area contributed by atoms with Gasteiger partial charge in [0.15, 0.2) is 0 Å². The Morgan fingerprint density at radius 2 is 1.46 bits per heavy atom. The summed E-state index contributed by atoms with van der Waals surface area (Å²) in [7, 11) is 0. The van der Waals surface area contributed by atoms with Gasteiger partial charge in [0.05, 0.1) is 12.6 Å². The topological polar surface area (TPSA) is 23.5 Å². The highest BCUT2D eigenvalue weighted by molar-refractivity contribution is 5.20. The van der Waals surface area contributed by atoms with Gasteiger partial charge in [0, 0.05) is 12.1 Å². The monoisotopic (exact) mass is 331 g/mol. The van der Waals surface area contributed by atoms with Gasteiger partial charge in [-0.15, -0.1) is 0 Å². The zero-order chi connectivity index (χ0) is 17.2. The van der Waals surface area contributed by atoms with Crippen molar-refractivity contribution in [3.05, 3.63) is 35.9 Å². The third-order valence-electron chi connectivity index (χ3n) is 5.68. The van der Waals surface area contributed by atoms with E-state index in [2.05, 4.69) is 49.1 Å². The van der Waals surface area contributed by atoms with Gasteiger partial charge in [0.1, 0.15) is 0 Å². The van der Waals surface area contributed by atoms with Gasteiger partial charge in [-0.25, -0.2) is 0 Å². The Hall–Kier alpha value is -0.860. The number of likely N-dealkylation sites (tertiary alicyclic amines) is 1. The van der Waals surface area contributed by atoms with E-state index in [0.717, 1.165) is 0 Å². The fraction of sp³-hybridized carbons (Fsp3) is 0.727. The standard InChI is InChI=1S/C22H37NO/c1-3-5-8-14-20-16-17-21(15-9-6-4-2)23(20)22(18-24)19-12-10-7-11-13-19/h7,10-13,20-22,24H,3-6,8-9,14-18H2,1-2H3. The average Bonchev–Trinajstić information content (AvgIpc) is 3.00. The van der Waals surface area contributed by atoms with Crippen molar-refractivity contribution in [2.45, 2.75) is 96.2 Å². The molecule has 0 aliphatic carbocycles. The second kappa shape index (κ2) is 10.9. The molecule has 1 N–H and O–H groups in total. The predicted octanol–water partition coefficient (Wildman–Crippen LogP) is 5.71. The second-order valence-corrected chi connectivity index (χ2v) is 7.43. The van der Waals surface area contributed by atoms with Crippen molar-refractivity contribution in [3.8, 4) is 0 Å². The summed E-state index contributed by atoms with van der Waals surface area (Å²) in [4.78, 5) is 2.70. The smallest absolute Gasteiger partial charge is 0.0628 e. The Labute approximate surface area is 149 Å². The molecule has 0 radical (unpaired) electrons. The number of benzene rings is 1. The minimum Gasteiger partial charge on any atom is -0.394 e. The second-order valence-electron chi connectivity index (χ2n) is 7.43. The van der Waals surface area contributed by atoms with Gasteiger partial charge in [-0.1, -0.05) is 82.7 Å². The van der Waals surface area contributed by atoms with Crippen molar-refractivity contribution in [3.63, 3.8) is 0 Å². The van der Waals surface area contributed by atoms with Gasteiger partial charge in [-0.05, 0) is 31.2 Å². The van der Waals surface area contributed by atoms with Crippen LogP contribution >= 0.6 is 0 Å². The maximum absolute atomic E-state index is 10.2. The minimum absolute atomic E-state index is 0.173. The molecule has 24 heavy (non-hydrogen) atoms. The van der Waals surface area contributed by atoms with Crippen LogP contribution in [0.5, 0.6) is 0 Å². The molecule has 0 saturated carbocycles. The molecule has 1 fully saturated rings. The Morgan fingerprint density at radius 1 is 0.917 bits per heavy atom. The Bertz CT molecular complexity index is 415. The van der Waals surface area contributed by atoms with Crippen molar-refractivity contribution in [2.24, 2.45) is 0 Å². The molecule has 0 bridgehead atoms. The van der Waals surface area contributed by atoms with Crippen molar-refractivity contribution in [2.75, 3.05) is 6.61 Å². The highest BCUT2D eigenvalue weighted by Crippen LogP contribution is 2.38. The summed E-state index contributed by atoms with van der Waals surface area (Å²) >= 11 is 0. The Kier molecular flexibility index (Phi) is 8.83. The van der Waals surface area contributed by atoms with Gasteiger partial charge in [0.2, 0.25) is 0 Å². The van der Waals surface area contributed by atoms with Crippen LogP contribution in [0, 0.1) is 0 Å². The highest BCUT2D eigenvalue weighted by atomic mass is 16.3. The summed E-state index contributed by atoms with van der Waals surface area (Å²) in [5.74, 6) is 0. The fourth-order valence-electron chi connectivity index (χ4n) is 4.38. The molecule has 1 aliphatic rings. The van der Waals surface area contributed by atoms with Crippen LogP contribution in [0.2, 0.25) is 0 Å². The summed E-state index contributed by atoms with van der Waals surface area (Å²) < 4.78 is 0. The summed E-state index contributed by atoms with van der Waals surface area (Å²) in [5, 5.41) is 10.2. The molecule has 3 atom stereocenters. The molecule has 0 amide bonds. The summed E-state index contributed by atoms with van der Waals surface area (Å²) in [6, 6.07) is 12.1. The average molecular weight is 332 g/mol.